The van der Waals surface area contributed by atoms with E-state index in [2.05, 4.69) is 48.7 Å². The SMILES string of the molecule is Cc1cc(-c2ccc(N/C=C3/C(=O)C=Cc4ccccc43)c(C)c2)ccc1N/C=C1\C(=O)C=Cc2ccccc21. The Hall–Kier alpha value is -5.22. The van der Waals surface area contributed by atoms with Crippen molar-refractivity contribution in [3.63, 3.8) is 0 Å². The lowest BCUT2D eigenvalue weighted by molar-refractivity contribution is -0.110. The van der Waals surface area contributed by atoms with Crippen LogP contribution in [0.4, 0.5) is 11.4 Å². The summed E-state index contributed by atoms with van der Waals surface area (Å²) in [6.45, 7) is 4.12. The molecule has 0 saturated heterocycles. The van der Waals surface area contributed by atoms with E-state index in [4.69, 9.17) is 0 Å². The Kier molecular flexibility index (Phi) is 6.59. The van der Waals surface area contributed by atoms with Crippen LogP contribution in [0.2, 0.25) is 0 Å². The summed E-state index contributed by atoms with van der Waals surface area (Å²) in [5.74, 6) is -0.0114. The van der Waals surface area contributed by atoms with Gasteiger partial charge in [0.1, 0.15) is 0 Å². The number of hydrogen-bond donors (Lipinski definition) is 2. The summed E-state index contributed by atoms with van der Waals surface area (Å²) in [5.41, 5.74) is 11.5. The van der Waals surface area contributed by atoms with Gasteiger partial charge in [-0.2, -0.15) is 0 Å². The van der Waals surface area contributed by atoms with E-state index in [0.717, 1.165) is 55.9 Å². The van der Waals surface area contributed by atoms with Gasteiger partial charge in [-0.15, -0.1) is 0 Å². The zero-order valence-electron chi connectivity index (χ0n) is 22.4. The monoisotopic (exact) mass is 520 g/mol. The molecule has 0 aliphatic heterocycles. The summed E-state index contributed by atoms with van der Waals surface area (Å²) >= 11 is 0. The fourth-order valence-corrected chi connectivity index (χ4v) is 5.16. The number of rotatable bonds is 5. The quantitative estimate of drug-likeness (QED) is 0.261. The van der Waals surface area contributed by atoms with Crippen LogP contribution in [0, 0.1) is 13.8 Å². The maximum Gasteiger partial charge on any atom is 0.187 e. The first-order chi connectivity index (χ1) is 19.5. The molecule has 2 aliphatic rings. The number of hydrogen-bond acceptors (Lipinski definition) is 4. The van der Waals surface area contributed by atoms with Gasteiger partial charge < -0.3 is 10.6 Å². The summed E-state index contributed by atoms with van der Waals surface area (Å²) < 4.78 is 0. The molecule has 0 saturated carbocycles. The van der Waals surface area contributed by atoms with Crippen molar-refractivity contribution in [3.05, 3.63) is 143 Å². The van der Waals surface area contributed by atoms with Gasteiger partial charge in [0.05, 0.1) is 0 Å². The predicted octanol–water partition coefficient (Wildman–Crippen LogP) is 8.07. The Morgan fingerprint density at radius 1 is 0.525 bits per heavy atom. The highest BCUT2D eigenvalue weighted by molar-refractivity contribution is 6.30. The molecule has 4 heteroatoms. The third-order valence-electron chi connectivity index (χ3n) is 7.39. The number of aryl methyl sites for hydroxylation is 2. The molecule has 0 bridgehead atoms. The Morgan fingerprint density at radius 3 is 1.38 bits per heavy atom. The molecule has 194 valence electrons. The van der Waals surface area contributed by atoms with E-state index in [0.29, 0.717) is 11.1 Å². The molecule has 0 spiro atoms. The van der Waals surface area contributed by atoms with E-state index < -0.39 is 0 Å². The Bertz CT molecular complexity index is 1670. The minimum atomic E-state index is -0.00572. The van der Waals surface area contributed by atoms with E-state index >= 15 is 0 Å². The molecule has 0 radical (unpaired) electrons. The van der Waals surface area contributed by atoms with Gasteiger partial charge in [0.25, 0.3) is 0 Å². The minimum Gasteiger partial charge on any atom is -0.361 e. The van der Waals surface area contributed by atoms with E-state index in [1.165, 1.54) is 0 Å². The maximum atomic E-state index is 12.5. The fraction of sp³-hybridized carbons (Fsp3) is 0.0556. The molecule has 40 heavy (non-hydrogen) atoms. The first kappa shape index (κ1) is 25.1. The lowest BCUT2D eigenvalue weighted by Crippen LogP contribution is -2.07. The van der Waals surface area contributed by atoms with Crippen LogP contribution in [0.5, 0.6) is 0 Å². The molecule has 2 aliphatic carbocycles. The largest absolute Gasteiger partial charge is 0.361 e. The van der Waals surface area contributed by atoms with Crippen molar-refractivity contribution in [2.75, 3.05) is 10.6 Å². The summed E-state index contributed by atoms with van der Waals surface area (Å²) in [7, 11) is 0. The molecule has 0 unspecified atom stereocenters. The maximum absolute atomic E-state index is 12.5. The van der Waals surface area contributed by atoms with Gasteiger partial charge >= 0.3 is 0 Å². The van der Waals surface area contributed by atoms with Gasteiger partial charge in [0.15, 0.2) is 11.6 Å². The van der Waals surface area contributed by atoms with Crippen LogP contribution in [0.1, 0.15) is 33.4 Å². The molecular formula is C36H28N2O2. The standard InChI is InChI=1S/C36H28N2O2/c1-23-19-27(11-15-33(23)37-21-31-29-9-5-3-7-25(29)13-17-35(31)39)28-12-16-34(24(2)20-28)38-22-32-30-10-6-4-8-26(30)14-18-36(32)40/h3-22,37-38H,1-2H3/b31-21-,32-22+. The van der Waals surface area contributed by atoms with Crippen molar-refractivity contribution in [1.29, 1.82) is 0 Å². The van der Waals surface area contributed by atoms with E-state index in [-0.39, 0.29) is 11.6 Å². The van der Waals surface area contributed by atoms with Crippen LogP contribution >= 0.6 is 0 Å². The minimum absolute atomic E-state index is 0.00572. The number of nitrogens with one attached hydrogen (secondary N) is 2. The number of anilines is 2. The van der Waals surface area contributed by atoms with Gasteiger partial charge in [0.2, 0.25) is 0 Å². The lowest BCUT2D eigenvalue weighted by atomic mass is 9.92. The summed E-state index contributed by atoms with van der Waals surface area (Å²) in [6, 6.07) is 28.4. The van der Waals surface area contributed by atoms with E-state index in [1.54, 1.807) is 24.6 Å². The number of allylic oxidation sites excluding steroid dienone is 4. The lowest BCUT2D eigenvalue weighted by Gasteiger charge is -2.15. The first-order valence-corrected chi connectivity index (χ1v) is 13.3. The number of benzene rings is 4. The fourth-order valence-electron chi connectivity index (χ4n) is 5.16. The van der Waals surface area contributed by atoms with Crippen molar-refractivity contribution >= 4 is 46.2 Å². The first-order valence-electron chi connectivity index (χ1n) is 13.3. The van der Waals surface area contributed by atoms with Gasteiger partial charge in [-0.25, -0.2) is 0 Å². The van der Waals surface area contributed by atoms with Crippen molar-refractivity contribution in [1.82, 2.24) is 0 Å². The molecule has 0 fully saturated rings. The van der Waals surface area contributed by atoms with Crippen LogP contribution in [0.3, 0.4) is 0 Å². The van der Waals surface area contributed by atoms with Gasteiger partial charge in [0, 0.05) is 34.9 Å². The molecule has 4 aromatic rings. The van der Waals surface area contributed by atoms with Crippen LogP contribution in [0.15, 0.2) is 109 Å². The normalized spacial score (nSPS) is 15.8. The topological polar surface area (TPSA) is 58.2 Å². The molecule has 4 aromatic carbocycles. The summed E-state index contributed by atoms with van der Waals surface area (Å²) in [4.78, 5) is 25.1. The molecule has 0 heterocycles. The molecule has 0 aromatic heterocycles. The van der Waals surface area contributed by atoms with Crippen molar-refractivity contribution in [2.45, 2.75) is 13.8 Å². The van der Waals surface area contributed by atoms with Crippen molar-refractivity contribution < 1.29 is 9.59 Å². The average Bonchev–Trinajstić information content (AvgIpc) is 2.97. The van der Waals surface area contributed by atoms with E-state index in [1.807, 2.05) is 72.8 Å². The van der Waals surface area contributed by atoms with Gasteiger partial charge in [-0.05, 0) is 94.8 Å². The zero-order valence-corrected chi connectivity index (χ0v) is 22.4. The zero-order chi connectivity index (χ0) is 27.6. The number of carbonyl (C=O) groups excluding carboxylic acids is 2. The predicted molar refractivity (Wildman–Crippen MR) is 166 cm³/mol. The molecular weight excluding hydrogens is 492 g/mol. The number of fused-ring (bicyclic) bond motifs is 2. The summed E-state index contributed by atoms with van der Waals surface area (Å²) in [6.07, 6.45) is 10.6. The highest BCUT2D eigenvalue weighted by atomic mass is 16.1. The summed E-state index contributed by atoms with van der Waals surface area (Å²) in [5, 5.41) is 6.69. The second-order valence-corrected chi connectivity index (χ2v) is 10.0. The average molecular weight is 521 g/mol. The molecule has 4 nitrogen and oxygen atoms in total. The van der Waals surface area contributed by atoms with Crippen LogP contribution in [0.25, 0.3) is 34.4 Å². The highest BCUT2D eigenvalue weighted by Gasteiger charge is 2.18. The second kappa shape index (κ2) is 10.5. The molecule has 6 rings (SSSR count). The van der Waals surface area contributed by atoms with Crippen molar-refractivity contribution in [2.24, 2.45) is 0 Å². The Labute approximate surface area is 234 Å². The smallest absolute Gasteiger partial charge is 0.187 e. The van der Waals surface area contributed by atoms with Crippen LogP contribution < -0.4 is 10.6 Å². The molecule has 0 atom stereocenters. The van der Waals surface area contributed by atoms with Gasteiger partial charge in [-0.1, -0.05) is 72.8 Å². The van der Waals surface area contributed by atoms with Crippen LogP contribution in [-0.2, 0) is 9.59 Å². The third kappa shape index (κ3) is 4.83. The van der Waals surface area contributed by atoms with Gasteiger partial charge in [-0.3, -0.25) is 9.59 Å². The van der Waals surface area contributed by atoms with Crippen molar-refractivity contribution in [3.8, 4) is 11.1 Å². The molecule has 0 amide bonds. The number of carbonyl (C=O) groups is 2. The highest BCUT2D eigenvalue weighted by Crippen LogP contribution is 2.31. The second-order valence-electron chi connectivity index (χ2n) is 10.0. The third-order valence-corrected chi connectivity index (χ3v) is 7.39. The van der Waals surface area contributed by atoms with E-state index in [9.17, 15) is 9.59 Å². The van der Waals surface area contributed by atoms with Crippen LogP contribution in [-0.4, -0.2) is 11.6 Å². The Morgan fingerprint density at radius 2 is 0.950 bits per heavy atom. The Balaban J connectivity index is 1.20. The molecule has 2 N–H and O–H groups in total. The number of ketones is 2.